The molecule has 4 aromatic carbocycles. The van der Waals surface area contributed by atoms with Gasteiger partial charge < -0.3 is 14.4 Å². The number of benzene rings is 4. The molecular formula is C34H20N3O2PtY-3. The zero-order valence-electron chi connectivity index (χ0n) is 21.6. The number of pyridine rings is 2. The first kappa shape index (κ1) is 28.9. The van der Waals surface area contributed by atoms with Crippen molar-refractivity contribution in [1.82, 2.24) is 14.5 Å². The van der Waals surface area contributed by atoms with Crippen molar-refractivity contribution < 1.29 is 63.6 Å². The molecule has 0 aliphatic heterocycles. The van der Waals surface area contributed by atoms with Gasteiger partial charge in [-0.3, -0.25) is 16.1 Å². The number of para-hydroxylation sites is 2. The number of phenolic OH excluding ortho intramolecular Hbond substituents is 1. The van der Waals surface area contributed by atoms with E-state index in [0.717, 1.165) is 38.8 Å². The Morgan fingerprint density at radius 3 is 2.44 bits per heavy atom. The zero-order chi connectivity index (χ0) is 26.2. The Bertz CT molecular complexity index is 1970. The fourth-order valence-corrected chi connectivity index (χ4v) is 4.81. The minimum Gasteiger partial charge on any atom is -0.507 e. The number of rotatable bonds is 5. The summed E-state index contributed by atoms with van der Waals surface area (Å²) in [6.07, 6.45) is 1.70. The molecule has 0 unspecified atom stereocenters. The van der Waals surface area contributed by atoms with Crippen LogP contribution in [0.25, 0.3) is 50.0 Å². The van der Waals surface area contributed by atoms with Crippen LogP contribution in [-0.4, -0.2) is 19.6 Å². The molecule has 0 amide bonds. The molecule has 3 heterocycles. The summed E-state index contributed by atoms with van der Waals surface area (Å²) in [5.41, 5.74) is 4.97. The number of fused-ring (bicyclic) bond motifs is 3. The van der Waals surface area contributed by atoms with E-state index in [1.54, 1.807) is 24.4 Å². The minimum absolute atomic E-state index is 0. The fourth-order valence-electron chi connectivity index (χ4n) is 4.81. The van der Waals surface area contributed by atoms with Crippen molar-refractivity contribution in [3.8, 4) is 45.6 Å². The number of nitrogens with zero attached hydrogens (tertiary/aromatic N) is 3. The van der Waals surface area contributed by atoms with Gasteiger partial charge in [-0.25, -0.2) is 23.2 Å². The van der Waals surface area contributed by atoms with Gasteiger partial charge in [0.15, 0.2) is 0 Å². The van der Waals surface area contributed by atoms with Crippen molar-refractivity contribution in [2.24, 2.45) is 0 Å². The van der Waals surface area contributed by atoms with Crippen LogP contribution < -0.4 is 4.74 Å². The topological polar surface area (TPSA) is 60.2 Å². The molecule has 0 aliphatic carbocycles. The van der Waals surface area contributed by atoms with E-state index in [9.17, 15) is 5.11 Å². The third-order valence-electron chi connectivity index (χ3n) is 6.59. The molecule has 0 bridgehead atoms. The molecule has 0 atom stereocenters. The molecule has 7 aromatic rings. The predicted molar refractivity (Wildman–Crippen MR) is 152 cm³/mol. The van der Waals surface area contributed by atoms with Crippen LogP contribution in [0.1, 0.15) is 0 Å². The molecule has 1 N–H and O–H groups in total. The number of aromatic hydroxyl groups is 1. The van der Waals surface area contributed by atoms with Crippen molar-refractivity contribution in [2.75, 3.05) is 0 Å². The normalized spacial score (nSPS) is 10.6. The minimum atomic E-state index is 0. The second-order valence-electron chi connectivity index (χ2n) is 9.01. The van der Waals surface area contributed by atoms with Crippen LogP contribution in [0.2, 0.25) is 0 Å². The van der Waals surface area contributed by atoms with Crippen molar-refractivity contribution >= 4 is 21.8 Å². The van der Waals surface area contributed by atoms with E-state index in [0.29, 0.717) is 22.9 Å². The van der Waals surface area contributed by atoms with E-state index in [1.165, 1.54) is 0 Å². The average molecular weight is 787 g/mol. The summed E-state index contributed by atoms with van der Waals surface area (Å²) in [5.74, 6) is 1.84. The molecule has 0 fully saturated rings. The van der Waals surface area contributed by atoms with Gasteiger partial charge in [0.05, 0.1) is 11.5 Å². The van der Waals surface area contributed by atoms with E-state index in [4.69, 9.17) is 4.74 Å². The second-order valence-corrected chi connectivity index (χ2v) is 9.01. The van der Waals surface area contributed by atoms with Crippen molar-refractivity contribution in [3.63, 3.8) is 0 Å². The maximum absolute atomic E-state index is 10.3. The molecule has 1 radical (unpaired) electrons. The summed E-state index contributed by atoms with van der Waals surface area (Å²) in [4.78, 5) is 9.29. The van der Waals surface area contributed by atoms with Gasteiger partial charge in [-0.15, -0.1) is 23.6 Å². The van der Waals surface area contributed by atoms with E-state index in [1.807, 2.05) is 78.9 Å². The largest absolute Gasteiger partial charge is 0.507 e. The smallest absolute Gasteiger partial charge is 0.217 e. The van der Waals surface area contributed by atoms with Crippen molar-refractivity contribution in [2.45, 2.75) is 0 Å². The summed E-state index contributed by atoms with van der Waals surface area (Å²) in [6.45, 7) is 0. The molecule has 0 aliphatic rings. The quantitative estimate of drug-likeness (QED) is 0.181. The van der Waals surface area contributed by atoms with Crippen LogP contribution in [0.15, 0.2) is 115 Å². The first-order chi connectivity index (χ1) is 19.2. The molecule has 7 rings (SSSR count). The number of ether oxygens (including phenoxy) is 1. The number of phenols is 1. The van der Waals surface area contributed by atoms with Gasteiger partial charge >= 0.3 is 0 Å². The van der Waals surface area contributed by atoms with Crippen LogP contribution in [-0.2, 0) is 53.8 Å². The predicted octanol–water partition coefficient (Wildman–Crippen LogP) is 7.80. The van der Waals surface area contributed by atoms with Gasteiger partial charge in [0.2, 0.25) is 5.88 Å². The van der Waals surface area contributed by atoms with Crippen LogP contribution in [0, 0.1) is 18.2 Å². The maximum Gasteiger partial charge on any atom is 0.217 e. The summed E-state index contributed by atoms with van der Waals surface area (Å²) >= 11 is 0. The van der Waals surface area contributed by atoms with E-state index in [-0.39, 0.29) is 59.5 Å². The van der Waals surface area contributed by atoms with Crippen molar-refractivity contribution in [3.05, 3.63) is 134 Å². The van der Waals surface area contributed by atoms with Gasteiger partial charge in [0, 0.05) is 76.7 Å². The van der Waals surface area contributed by atoms with E-state index < -0.39 is 0 Å². The standard InChI is InChI=1S/C34H20N3O2.Pt.Y/c38-32-15-7-5-12-28(32)29-13-8-16-34(36-29)39-25-17-18-27-26-11-4-6-14-30(26)37(31(27)22-25)33-21-24(19-20-35-33)23-9-2-1-3-10-23;;/h1-9,11-18,20-21,38H;;/q-3;;. The number of hydrogen-bond donors (Lipinski definition) is 1. The fraction of sp³-hybridized carbons (Fsp3) is 0. The first-order valence-corrected chi connectivity index (χ1v) is 12.5. The van der Waals surface area contributed by atoms with Gasteiger partial charge in [-0.2, -0.15) is 24.3 Å². The molecule has 3 aromatic heterocycles. The van der Waals surface area contributed by atoms with Crippen molar-refractivity contribution in [1.29, 1.82) is 0 Å². The molecule has 7 heteroatoms. The van der Waals surface area contributed by atoms with E-state index >= 15 is 0 Å². The van der Waals surface area contributed by atoms with Gasteiger partial charge in [-0.05, 0) is 35.8 Å². The average Bonchev–Trinajstić information content (AvgIpc) is 3.32. The Morgan fingerprint density at radius 2 is 1.59 bits per heavy atom. The molecule has 0 saturated heterocycles. The third-order valence-corrected chi connectivity index (χ3v) is 6.59. The Morgan fingerprint density at radius 1 is 0.756 bits per heavy atom. The summed E-state index contributed by atoms with van der Waals surface area (Å²) in [5, 5.41) is 12.4. The number of aromatic nitrogens is 3. The van der Waals surface area contributed by atoms with E-state index in [2.05, 4.69) is 44.9 Å². The van der Waals surface area contributed by atoms with Gasteiger partial charge in [-0.1, -0.05) is 41.9 Å². The van der Waals surface area contributed by atoms with Crippen LogP contribution in [0.3, 0.4) is 0 Å². The molecule has 5 nitrogen and oxygen atoms in total. The zero-order valence-corrected chi connectivity index (χ0v) is 26.7. The van der Waals surface area contributed by atoms with Gasteiger partial charge in [0.1, 0.15) is 5.75 Å². The van der Waals surface area contributed by atoms with Crippen LogP contribution in [0.4, 0.5) is 0 Å². The SMILES string of the molecule is Oc1ccccc1-c1cccc(Oc2[c-]c3c(cc2)c2ccccc2n3-c2cc(-c3[c-]cccc3)[c-]cn2)n1.[Pt].[Y]. The Balaban J connectivity index is 0.00000169. The van der Waals surface area contributed by atoms with Crippen LogP contribution >= 0.6 is 0 Å². The molecule has 199 valence electrons. The summed E-state index contributed by atoms with van der Waals surface area (Å²) in [6, 6.07) is 44.5. The Hall–Kier alpha value is -3.63. The first-order valence-electron chi connectivity index (χ1n) is 12.5. The Labute approximate surface area is 277 Å². The Kier molecular flexibility index (Phi) is 8.80. The summed E-state index contributed by atoms with van der Waals surface area (Å²) < 4.78 is 8.26. The molecule has 0 spiro atoms. The monoisotopic (exact) mass is 786 g/mol. The van der Waals surface area contributed by atoms with Gasteiger partial charge in [0.25, 0.3) is 0 Å². The molecule has 41 heavy (non-hydrogen) atoms. The third kappa shape index (κ3) is 5.63. The summed E-state index contributed by atoms with van der Waals surface area (Å²) in [7, 11) is 0. The molecule has 0 saturated carbocycles. The molecular weight excluding hydrogens is 766 g/mol. The maximum atomic E-state index is 10.3. The second kappa shape index (κ2) is 12.5. The number of hydrogen-bond acceptors (Lipinski definition) is 4. The van der Waals surface area contributed by atoms with Crippen LogP contribution in [0.5, 0.6) is 17.4 Å².